The molecule has 0 saturated carbocycles. The molecule has 0 aliphatic carbocycles. The molecule has 2 aromatic carbocycles. The van der Waals surface area contributed by atoms with Crippen LogP contribution in [0.3, 0.4) is 0 Å². The lowest BCUT2D eigenvalue weighted by molar-refractivity contribution is -0.615. The average Bonchev–Trinajstić information content (AvgIpc) is 3.81. The van der Waals surface area contributed by atoms with Crippen molar-refractivity contribution in [1.29, 1.82) is 0 Å². The summed E-state index contributed by atoms with van der Waals surface area (Å²) in [4.78, 5) is 11.5. The smallest absolute Gasteiger partial charge is 0.411 e. The number of pyridine rings is 1. The predicted octanol–water partition coefficient (Wildman–Crippen LogP) is 4.42. The molecule has 222 valence electrons. The second-order valence-corrected chi connectivity index (χ2v) is 9.88. The van der Waals surface area contributed by atoms with Gasteiger partial charge in [-0.25, -0.2) is 13.6 Å². The maximum Gasteiger partial charge on any atom is 0.411 e. The third kappa shape index (κ3) is 5.67. The minimum atomic E-state index is -0.752. The van der Waals surface area contributed by atoms with Crippen LogP contribution in [0.15, 0.2) is 85.8 Å². The van der Waals surface area contributed by atoms with Crippen LogP contribution >= 0.6 is 11.6 Å². The van der Waals surface area contributed by atoms with E-state index in [9.17, 15) is 14.4 Å². The number of benzene rings is 2. The lowest BCUT2D eigenvalue weighted by Crippen LogP contribution is -2.37. The van der Waals surface area contributed by atoms with Crippen molar-refractivity contribution < 1.29 is 23.0 Å². The van der Waals surface area contributed by atoms with Crippen molar-refractivity contribution in [2.75, 3.05) is 12.4 Å². The summed E-state index contributed by atoms with van der Waals surface area (Å²) < 4.78 is 38.5. The van der Waals surface area contributed by atoms with E-state index in [-0.39, 0.29) is 34.1 Å². The van der Waals surface area contributed by atoms with E-state index in [0.717, 1.165) is 11.8 Å². The number of carbonyl (C=O) groups excluding carboxylic acids is 1. The van der Waals surface area contributed by atoms with E-state index in [4.69, 9.17) is 11.6 Å². The Hall–Kier alpha value is -5.70. The first-order valence-corrected chi connectivity index (χ1v) is 13.3. The van der Waals surface area contributed by atoms with Gasteiger partial charge in [-0.2, -0.15) is 19.6 Å². The highest BCUT2D eigenvalue weighted by molar-refractivity contribution is 6.31. The molecule has 1 N–H and O–H groups in total. The van der Waals surface area contributed by atoms with Gasteiger partial charge in [0.25, 0.3) is 0 Å². The van der Waals surface area contributed by atoms with Crippen LogP contribution in [0.25, 0.3) is 27.9 Å². The number of hydrogen-bond acceptors (Lipinski definition) is 8. The number of halogens is 3. The van der Waals surface area contributed by atoms with Crippen molar-refractivity contribution in [2.24, 2.45) is 0 Å². The van der Waals surface area contributed by atoms with E-state index in [1.165, 1.54) is 47.3 Å². The van der Waals surface area contributed by atoms with Gasteiger partial charge in [0.2, 0.25) is 5.69 Å². The molecule has 0 fully saturated rings. The van der Waals surface area contributed by atoms with Gasteiger partial charge in [-0.15, -0.1) is 5.10 Å². The fraction of sp³-hybridized carbons (Fsp3) is 0.107. The third-order valence-electron chi connectivity index (χ3n) is 6.78. The summed E-state index contributed by atoms with van der Waals surface area (Å²) in [6.07, 6.45) is 7.52. The summed E-state index contributed by atoms with van der Waals surface area (Å²) in [6, 6.07) is 12.2. The van der Waals surface area contributed by atoms with Crippen LogP contribution in [-0.2, 0) is 11.3 Å². The molecule has 6 aromatic rings. The van der Waals surface area contributed by atoms with Crippen molar-refractivity contribution >= 4 is 23.4 Å². The van der Waals surface area contributed by atoms with Crippen molar-refractivity contribution in [1.82, 2.24) is 39.8 Å². The summed E-state index contributed by atoms with van der Waals surface area (Å²) >= 11 is 6.08. The van der Waals surface area contributed by atoms with Crippen molar-refractivity contribution in [3.05, 3.63) is 113 Å². The van der Waals surface area contributed by atoms with E-state index < -0.39 is 23.8 Å². The molecule has 0 aliphatic heterocycles. The van der Waals surface area contributed by atoms with Crippen molar-refractivity contribution in [3.8, 4) is 27.9 Å². The minimum Gasteiger partial charge on any atom is -0.618 e. The van der Waals surface area contributed by atoms with Gasteiger partial charge in [-0.05, 0) is 46.3 Å². The zero-order valence-electron chi connectivity index (χ0n) is 22.8. The maximum atomic E-state index is 15.3. The van der Waals surface area contributed by atoms with Crippen molar-refractivity contribution in [2.45, 2.75) is 12.6 Å². The van der Waals surface area contributed by atoms with Gasteiger partial charge in [0.05, 0.1) is 54.1 Å². The Morgan fingerprint density at radius 1 is 1.05 bits per heavy atom. The van der Waals surface area contributed by atoms with Gasteiger partial charge in [-0.1, -0.05) is 23.7 Å². The first kappa shape index (κ1) is 28.4. The predicted molar refractivity (Wildman–Crippen MR) is 153 cm³/mol. The Bertz CT molecular complexity index is 1940. The zero-order valence-corrected chi connectivity index (χ0v) is 23.5. The summed E-state index contributed by atoms with van der Waals surface area (Å²) in [5.41, 5.74) is 2.79. The highest BCUT2D eigenvalue weighted by Crippen LogP contribution is 2.33. The van der Waals surface area contributed by atoms with Gasteiger partial charge in [-0.3, -0.25) is 14.7 Å². The minimum absolute atomic E-state index is 0.0261. The Morgan fingerprint density at radius 2 is 1.84 bits per heavy atom. The highest BCUT2D eigenvalue weighted by atomic mass is 35.5. The number of rotatable bonds is 8. The fourth-order valence-corrected chi connectivity index (χ4v) is 4.83. The molecule has 4 heterocycles. The summed E-state index contributed by atoms with van der Waals surface area (Å²) in [6.45, 7) is 0.0516. The van der Waals surface area contributed by atoms with E-state index in [1.54, 1.807) is 53.5 Å². The topological polar surface area (TPSA) is 145 Å². The summed E-state index contributed by atoms with van der Waals surface area (Å²) in [5, 5.41) is 35.6. The second-order valence-electron chi connectivity index (χ2n) is 9.48. The second kappa shape index (κ2) is 11.9. The standard InChI is InChI=1S/C28H21ClF2N10O3/c1-44-28(42)35-21-5-2-17(3-6-21)19-10-34-39(12-19)25(15-38-14-20(30)11-33-38)23-8-4-18(13-41(23)43)26-24(40-16-32-36-37-40)9-7-22(29)27(26)31/h2-14,16,25H,15H2,1H3,(H,35,42). The monoisotopic (exact) mass is 618 g/mol. The number of nitrogens with zero attached hydrogens (tertiary/aromatic N) is 9. The molecule has 16 heteroatoms. The molecule has 0 radical (unpaired) electrons. The first-order valence-electron chi connectivity index (χ1n) is 12.9. The van der Waals surface area contributed by atoms with Crippen LogP contribution < -0.4 is 10.0 Å². The lowest BCUT2D eigenvalue weighted by atomic mass is 10.0. The Balaban J connectivity index is 1.37. The van der Waals surface area contributed by atoms with Crippen LogP contribution in [0.4, 0.5) is 19.3 Å². The van der Waals surface area contributed by atoms with Crippen LogP contribution in [0.2, 0.25) is 5.02 Å². The number of amides is 1. The molecule has 0 saturated heterocycles. The number of carbonyl (C=O) groups is 1. The number of nitrogens with one attached hydrogen (secondary N) is 1. The molecular weight excluding hydrogens is 598 g/mol. The normalized spacial score (nSPS) is 11.8. The molecule has 44 heavy (non-hydrogen) atoms. The average molecular weight is 619 g/mol. The third-order valence-corrected chi connectivity index (χ3v) is 7.07. The fourth-order valence-electron chi connectivity index (χ4n) is 4.68. The van der Waals surface area contributed by atoms with E-state index in [0.29, 0.717) is 16.0 Å². The Kier molecular flexibility index (Phi) is 7.68. The van der Waals surface area contributed by atoms with E-state index >= 15 is 4.39 Å². The number of methoxy groups -OCH3 is 1. The SMILES string of the molecule is COC(=O)Nc1ccc(-c2cnn(C(Cn3cc(F)cn3)c3ccc(-c4c(-n5cnnn5)ccc(Cl)c4F)c[n+]3[O-])c2)cc1. The van der Waals surface area contributed by atoms with Crippen LogP contribution in [-0.4, -0.2) is 53.0 Å². The van der Waals surface area contributed by atoms with E-state index in [1.807, 2.05) is 0 Å². The highest BCUT2D eigenvalue weighted by Gasteiger charge is 2.27. The first-order chi connectivity index (χ1) is 21.3. The molecule has 1 atom stereocenters. The summed E-state index contributed by atoms with van der Waals surface area (Å²) in [5.74, 6) is -1.29. The number of aromatic nitrogens is 9. The lowest BCUT2D eigenvalue weighted by Gasteiger charge is -2.18. The zero-order chi connectivity index (χ0) is 30.8. The number of anilines is 1. The number of ether oxygens (including phenoxy) is 1. The van der Waals surface area contributed by atoms with Crippen LogP contribution in [0.5, 0.6) is 0 Å². The quantitative estimate of drug-likeness (QED) is 0.195. The molecule has 1 amide bonds. The summed E-state index contributed by atoms with van der Waals surface area (Å²) in [7, 11) is 1.27. The molecular formula is C28H21ClF2N10O3. The van der Waals surface area contributed by atoms with Crippen molar-refractivity contribution in [3.63, 3.8) is 0 Å². The van der Waals surface area contributed by atoms with E-state index in [2.05, 4.69) is 35.8 Å². The molecule has 0 aliphatic rings. The van der Waals surface area contributed by atoms with Crippen LogP contribution in [0.1, 0.15) is 11.7 Å². The van der Waals surface area contributed by atoms with Gasteiger partial charge >= 0.3 is 6.09 Å². The Labute approximate surface area is 252 Å². The van der Waals surface area contributed by atoms with Crippen LogP contribution in [0, 0.1) is 16.8 Å². The van der Waals surface area contributed by atoms with Gasteiger partial charge < -0.3 is 9.94 Å². The number of tetrazole rings is 1. The molecule has 13 nitrogen and oxygen atoms in total. The largest absolute Gasteiger partial charge is 0.618 e. The molecule has 0 bridgehead atoms. The van der Waals surface area contributed by atoms with Gasteiger partial charge in [0.1, 0.15) is 6.33 Å². The molecule has 1 unspecified atom stereocenters. The molecule has 6 rings (SSSR count). The molecule has 0 spiro atoms. The maximum absolute atomic E-state index is 15.3. The Morgan fingerprint density at radius 3 is 2.52 bits per heavy atom. The van der Waals surface area contributed by atoms with Gasteiger partial charge in [0, 0.05) is 23.5 Å². The molecule has 4 aromatic heterocycles. The number of hydrogen-bond donors (Lipinski definition) is 1. The van der Waals surface area contributed by atoms with Gasteiger partial charge in [0.15, 0.2) is 23.9 Å².